The van der Waals surface area contributed by atoms with Gasteiger partial charge in [-0.2, -0.15) is 0 Å². The number of nitrogens with zero attached hydrogens (tertiary/aromatic N) is 2. The second-order valence-corrected chi connectivity index (χ2v) is 8.69. The Morgan fingerprint density at radius 3 is 2.34 bits per heavy atom. The third-order valence-electron chi connectivity index (χ3n) is 4.60. The van der Waals surface area contributed by atoms with E-state index in [1.54, 1.807) is 41.4 Å². The monoisotopic (exact) mass is 427 g/mol. The number of carbonyl (C=O) groups excluding carboxylic acids is 1. The summed E-state index contributed by atoms with van der Waals surface area (Å²) in [5, 5.41) is 3.89. The van der Waals surface area contributed by atoms with E-state index in [9.17, 15) is 4.79 Å². The summed E-state index contributed by atoms with van der Waals surface area (Å²) in [5.74, 6) is 0.346. The number of rotatable bonds is 4. The molecular weight excluding hydrogens is 405 g/mol. The average Bonchev–Trinajstić information content (AvgIpc) is 2.67. The summed E-state index contributed by atoms with van der Waals surface area (Å²) < 4.78 is 0. The van der Waals surface area contributed by atoms with Gasteiger partial charge in [0.2, 0.25) is 0 Å². The van der Waals surface area contributed by atoms with E-state index >= 15 is 0 Å². The topological polar surface area (TPSA) is 45.2 Å². The summed E-state index contributed by atoms with van der Waals surface area (Å²) in [6.07, 6.45) is 1.66. The third kappa shape index (κ3) is 5.08. The molecule has 2 aromatic carbocycles. The zero-order valence-corrected chi connectivity index (χ0v) is 18.3. The highest BCUT2D eigenvalue weighted by molar-refractivity contribution is 6.33. The van der Waals surface area contributed by atoms with Gasteiger partial charge < -0.3 is 10.2 Å². The van der Waals surface area contributed by atoms with Crippen molar-refractivity contribution in [3.05, 3.63) is 82.0 Å². The van der Waals surface area contributed by atoms with Crippen LogP contribution in [0.1, 0.15) is 36.7 Å². The van der Waals surface area contributed by atoms with Gasteiger partial charge in [-0.05, 0) is 53.4 Å². The maximum Gasteiger partial charge on any atom is 0.255 e. The van der Waals surface area contributed by atoms with Crippen molar-refractivity contribution in [2.45, 2.75) is 26.2 Å². The molecule has 0 aliphatic heterocycles. The van der Waals surface area contributed by atoms with Crippen LogP contribution in [0.3, 0.4) is 0 Å². The lowest BCUT2D eigenvalue weighted by atomic mass is 9.87. The van der Waals surface area contributed by atoms with Gasteiger partial charge in [0.05, 0.1) is 5.02 Å². The van der Waals surface area contributed by atoms with Crippen LogP contribution >= 0.6 is 23.2 Å². The first kappa shape index (κ1) is 21.2. The van der Waals surface area contributed by atoms with E-state index in [1.807, 2.05) is 31.3 Å². The van der Waals surface area contributed by atoms with E-state index in [0.29, 0.717) is 27.1 Å². The molecule has 0 radical (unpaired) electrons. The van der Waals surface area contributed by atoms with Crippen LogP contribution in [0.15, 0.2) is 60.8 Å². The predicted molar refractivity (Wildman–Crippen MR) is 122 cm³/mol. The van der Waals surface area contributed by atoms with Gasteiger partial charge in [-0.3, -0.25) is 4.79 Å². The number of amides is 1. The quantitative estimate of drug-likeness (QED) is 0.503. The lowest BCUT2D eigenvalue weighted by Gasteiger charge is -2.20. The lowest BCUT2D eigenvalue weighted by molar-refractivity contribution is 0.102. The number of aromatic nitrogens is 1. The van der Waals surface area contributed by atoms with Crippen molar-refractivity contribution in [2.24, 2.45) is 0 Å². The molecule has 150 valence electrons. The van der Waals surface area contributed by atoms with Crippen LogP contribution in [0.4, 0.5) is 17.2 Å². The molecule has 0 atom stereocenters. The minimum absolute atomic E-state index is 0.0573. The molecule has 3 rings (SSSR count). The van der Waals surface area contributed by atoms with Crippen LogP contribution in [0.5, 0.6) is 0 Å². The molecule has 3 aromatic rings. The van der Waals surface area contributed by atoms with E-state index in [-0.39, 0.29) is 11.3 Å². The molecule has 0 saturated carbocycles. The summed E-state index contributed by atoms with van der Waals surface area (Å²) in [4.78, 5) is 18.9. The second-order valence-electron chi connectivity index (χ2n) is 7.85. The largest absolute Gasteiger partial charge is 0.328 e. The number of anilines is 3. The van der Waals surface area contributed by atoms with Gasteiger partial charge in [0.25, 0.3) is 5.91 Å². The normalized spacial score (nSPS) is 11.2. The molecule has 0 aliphatic rings. The molecule has 4 nitrogen and oxygen atoms in total. The Balaban J connectivity index is 1.84. The van der Waals surface area contributed by atoms with Gasteiger partial charge >= 0.3 is 0 Å². The minimum atomic E-state index is -0.238. The smallest absolute Gasteiger partial charge is 0.255 e. The summed E-state index contributed by atoms with van der Waals surface area (Å²) in [5.41, 5.74) is 3.15. The highest BCUT2D eigenvalue weighted by atomic mass is 35.5. The van der Waals surface area contributed by atoms with Crippen molar-refractivity contribution in [1.29, 1.82) is 0 Å². The third-order valence-corrected chi connectivity index (χ3v) is 5.11. The van der Waals surface area contributed by atoms with Crippen LogP contribution in [0.25, 0.3) is 0 Å². The average molecular weight is 428 g/mol. The van der Waals surface area contributed by atoms with E-state index in [0.717, 1.165) is 5.69 Å². The van der Waals surface area contributed by atoms with Crippen LogP contribution in [0.2, 0.25) is 10.0 Å². The Kier molecular flexibility index (Phi) is 6.15. The Bertz CT molecular complexity index is 1030. The van der Waals surface area contributed by atoms with Gasteiger partial charge in [-0.25, -0.2) is 4.98 Å². The zero-order valence-electron chi connectivity index (χ0n) is 16.8. The molecule has 1 amide bonds. The Morgan fingerprint density at radius 1 is 1.03 bits per heavy atom. The SMILES string of the molecule is CN(c1cc(Cl)cc(C(=O)Nc2ccc(C(C)(C)C)cc2)c1)c1ncccc1Cl. The molecule has 1 N–H and O–H groups in total. The molecule has 0 spiro atoms. The number of hydrogen-bond donors (Lipinski definition) is 1. The van der Waals surface area contributed by atoms with Crippen LogP contribution in [-0.2, 0) is 5.41 Å². The Labute approximate surface area is 181 Å². The first-order valence-electron chi connectivity index (χ1n) is 9.22. The van der Waals surface area contributed by atoms with Crippen molar-refractivity contribution < 1.29 is 4.79 Å². The number of hydrogen-bond acceptors (Lipinski definition) is 3. The molecule has 6 heteroatoms. The van der Waals surface area contributed by atoms with Gasteiger partial charge in [0.1, 0.15) is 0 Å². The number of halogens is 2. The Hall–Kier alpha value is -2.56. The maximum atomic E-state index is 12.8. The molecule has 29 heavy (non-hydrogen) atoms. The molecule has 0 bridgehead atoms. The van der Waals surface area contributed by atoms with Crippen molar-refractivity contribution >= 4 is 46.3 Å². The zero-order chi connectivity index (χ0) is 21.2. The number of carbonyl (C=O) groups is 1. The molecule has 0 aliphatic carbocycles. The molecule has 0 fully saturated rings. The van der Waals surface area contributed by atoms with E-state index in [1.165, 1.54) is 5.56 Å². The molecular formula is C23H23Cl2N3O. The van der Waals surface area contributed by atoms with Gasteiger partial charge in [0, 0.05) is 35.2 Å². The van der Waals surface area contributed by atoms with Crippen molar-refractivity contribution in [3.63, 3.8) is 0 Å². The van der Waals surface area contributed by atoms with Crippen molar-refractivity contribution in [2.75, 3.05) is 17.3 Å². The fourth-order valence-electron chi connectivity index (χ4n) is 2.90. The van der Waals surface area contributed by atoms with Crippen LogP contribution in [0, 0.1) is 0 Å². The van der Waals surface area contributed by atoms with Crippen molar-refractivity contribution in [1.82, 2.24) is 4.98 Å². The van der Waals surface area contributed by atoms with Crippen LogP contribution in [-0.4, -0.2) is 17.9 Å². The summed E-state index contributed by atoms with van der Waals surface area (Å²) in [7, 11) is 1.83. The minimum Gasteiger partial charge on any atom is -0.328 e. The lowest BCUT2D eigenvalue weighted by Crippen LogP contribution is -2.16. The fourth-order valence-corrected chi connectivity index (χ4v) is 3.38. The van der Waals surface area contributed by atoms with Crippen molar-refractivity contribution in [3.8, 4) is 0 Å². The second kappa shape index (κ2) is 8.44. The number of pyridine rings is 1. The molecule has 0 saturated heterocycles. The highest BCUT2D eigenvalue weighted by Gasteiger charge is 2.16. The molecule has 1 aromatic heterocycles. The van der Waals surface area contributed by atoms with Gasteiger partial charge in [-0.15, -0.1) is 0 Å². The number of nitrogens with one attached hydrogen (secondary N) is 1. The Morgan fingerprint density at radius 2 is 1.72 bits per heavy atom. The standard InChI is InChI=1S/C23H23Cl2N3O/c1-23(2,3)16-7-9-18(10-8-16)27-22(29)15-12-17(24)14-19(13-15)28(4)21-20(25)6-5-11-26-21/h5-14H,1-4H3,(H,27,29). The highest BCUT2D eigenvalue weighted by Crippen LogP contribution is 2.31. The first-order valence-corrected chi connectivity index (χ1v) is 9.97. The molecule has 1 heterocycles. The summed E-state index contributed by atoms with van der Waals surface area (Å²) in [6, 6.07) is 16.6. The van der Waals surface area contributed by atoms with Crippen LogP contribution < -0.4 is 10.2 Å². The van der Waals surface area contributed by atoms with E-state index in [2.05, 4.69) is 31.1 Å². The summed E-state index contributed by atoms with van der Waals surface area (Å²) >= 11 is 12.5. The summed E-state index contributed by atoms with van der Waals surface area (Å²) in [6.45, 7) is 6.45. The maximum absolute atomic E-state index is 12.8. The van der Waals surface area contributed by atoms with Gasteiger partial charge in [0.15, 0.2) is 5.82 Å². The van der Waals surface area contributed by atoms with Gasteiger partial charge in [-0.1, -0.05) is 56.1 Å². The van der Waals surface area contributed by atoms with E-state index in [4.69, 9.17) is 23.2 Å². The first-order chi connectivity index (χ1) is 13.6. The predicted octanol–water partition coefficient (Wildman–Crippen LogP) is 6.71. The fraction of sp³-hybridized carbons (Fsp3) is 0.217. The van der Waals surface area contributed by atoms with E-state index < -0.39 is 0 Å². The molecule has 0 unspecified atom stereocenters. The number of benzene rings is 2.